The summed E-state index contributed by atoms with van der Waals surface area (Å²) in [7, 11) is 0. The monoisotopic (exact) mass is 318 g/mol. The van der Waals surface area contributed by atoms with Gasteiger partial charge in [0.05, 0.1) is 19.2 Å². The summed E-state index contributed by atoms with van der Waals surface area (Å²) >= 11 is 5.89. The van der Waals surface area contributed by atoms with Crippen molar-refractivity contribution in [1.29, 1.82) is 0 Å². The number of benzene rings is 1. The van der Waals surface area contributed by atoms with E-state index >= 15 is 0 Å². The molecular weight excluding hydrogens is 302 g/mol. The van der Waals surface area contributed by atoms with Gasteiger partial charge in [-0.05, 0) is 19.1 Å². The summed E-state index contributed by atoms with van der Waals surface area (Å²) in [6.07, 6.45) is -0.474. The molecule has 1 unspecified atom stereocenters. The standard InChI is InChI=1S/C14H17ClF2N2O2/c1-2-21-12-5-10(15)4-3-9(12)7-18-13(20)11-6-14(16,17)8-19-11/h3-5,11,19H,2,6-8H2,1H3,(H,18,20). The summed E-state index contributed by atoms with van der Waals surface area (Å²) in [4.78, 5) is 11.9. The molecule has 2 rings (SSSR count). The minimum Gasteiger partial charge on any atom is -0.493 e. The Kier molecular flexibility index (Phi) is 5.00. The Morgan fingerprint density at radius 2 is 2.33 bits per heavy atom. The molecular formula is C14H17ClF2N2O2. The number of ether oxygens (including phenoxy) is 1. The molecule has 1 aliphatic heterocycles. The number of halogens is 3. The first-order valence-corrected chi connectivity index (χ1v) is 7.09. The Morgan fingerprint density at radius 3 is 2.95 bits per heavy atom. The molecule has 0 aliphatic carbocycles. The highest BCUT2D eigenvalue weighted by Gasteiger charge is 2.42. The van der Waals surface area contributed by atoms with E-state index in [4.69, 9.17) is 16.3 Å². The summed E-state index contributed by atoms with van der Waals surface area (Å²) in [5, 5.41) is 5.69. The number of rotatable bonds is 5. The maximum atomic E-state index is 13.0. The SMILES string of the molecule is CCOc1cc(Cl)ccc1CNC(=O)C1CC(F)(F)CN1. The lowest BCUT2D eigenvalue weighted by molar-refractivity contribution is -0.123. The Balaban J connectivity index is 1.95. The first kappa shape index (κ1) is 16.0. The van der Waals surface area contributed by atoms with Crippen LogP contribution in [-0.4, -0.2) is 31.0 Å². The van der Waals surface area contributed by atoms with Crippen LogP contribution in [0.2, 0.25) is 5.02 Å². The highest BCUT2D eigenvalue weighted by molar-refractivity contribution is 6.30. The van der Waals surface area contributed by atoms with Crippen molar-refractivity contribution in [3.8, 4) is 5.75 Å². The smallest absolute Gasteiger partial charge is 0.262 e. The van der Waals surface area contributed by atoms with Crippen LogP contribution in [0.1, 0.15) is 18.9 Å². The molecule has 1 amide bonds. The molecule has 1 aromatic carbocycles. The predicted molar refractivity (Wildman–Crippen MR) is 75.8 cm³/mol. The van der Waals surface area contributed by atoms with E-state index < -0.39 is 30.8 Å². The van der Waals surface area contributed by atoms with Crippen molar-refractivity contribution in [3.63, 3.8) is 0 Å². The second-order valence-corrected chi connectivity index (χ2v) is 5.33. The normalized spacial score (nSPS) is 20.3. The maximum Gasteiger partial charge on any atom is 0.262 e. The van der Waals surface area contributed by atoms with Crippen molar-refractivity contribution >= 4 is 17.5 Å². The van der Waals surface area contributed by atoms with Gasteiger partial charge in [-0.1, -0.05) is 17.7 Å². The van der Waals surface area contributed by atoms with Crippen LogP contribution in [0, 0.1) is 0 Å². The lowest BCUT2D eigenvalue weighted by Gasteiger charge is -2.14. The Hall–Kier alpha value is -1.40. The number of carbonyl (C=O) groups excluding carboxylic acids is 1. The predicted octanol–water partition coefficient (Wildman–Crippen LogP) is 2.35. The summed E-state index contributed by atoms with van der Waals surface area (Å²) in [5.41, 5.74) is 0.749. The zero-order chi connectivity index (χ0) is 15.5. The fourth-order valence-electron chi connectivity index (χ4n) is 2.17. The molecule has 1 aromatic rings. The van der Waals surface area contributed by atoms with Crippen LogP contribution < -0.4 is 15.4 Å². The van der Waals surface area contributed by atoms with Crippen LogP contribution in [0.4, 0.5) is 8.78 Å². The largest absolute Gasteiger partial charge is 0.493 e. The van der Waals surface area contributed by atoms with Gasteiger partial charge in [-0.2, -0.15) is 0 Å². The van der Waals surface area contributed by atoms with Gasteiger partial charge in [-0.25, -0.2) is 8.78 Å². The number of hydrogen-bond acceptors (Lipinski definition) is 3. The highest BCUT2D eigenvalue weighted by atomic mass is 35.5. The first-order chi connectivity index (χ1) is 9.91. The van der Waals surface area contributed by atoms with Crippen LogP contribution >= 0.6 is 11.6 Å². The number of amides is 1. The quantitative estimate of drug-likeness (QED) is 0.876. The van der Waals surface area contributed by atoms with Crippen LogP contribution in [0.15, 0.2) is 18.2 Å². The molecule has 0 radical (unpaired) electrons. The number of hydrogen-bond donors (Lipinski definition) is 2. The van der Waals surface area contributed by atoms with Gasteiger partial charge in [0.25, 0.3) is 5.92 Å². The van der Waals surface area contributed by atoms with Crippen LogP contribution in [0.5, 0.6) is 5.75 Å². The van der Waals surface area contributed by atoms with Crippen molar-refractivity contribution in [2.45, 2.75) is 31.9 Å². The molecule has 0 bridgehead atoms. The molecule has 1 fully saturated rings. The van der Waals surface area contributed by atoms with E-state index in [2.05, 4.69) is 10.6 Å². The topological polar surface area (TPSA) is 50.4 Å². The number of nitrogens with one attached hydrogen (secondary N) is 2. The lowest BCUT2D eigenvalue weighted by Crippen LogP contribution is -2.40. The van der Waals surface area contributed by atoms with E-state index in [0.717, 1.165) is 5.56 Å². The van der Waals surface area contributed by atoms with Gasteiger partial charge < -0.3 is 10.1 Å². The maximum absolute atomic E-state index is 13.0. The molecule has 0 saturated carbocycles. The number of carbonyl (C=O) groups is 1. The third-order valence-electron chi connectivity index (χ3n) is 3.21. The summed E-state index contributed by atoms with van der Waals surface area (Å²) in [6, 6.07) is 4.23. The van der Waals surface area contributed by atoms with Crippen molar-refractivity contribution in [2.75, 3.05) is 13.2 Å². The van der Waals surface area contributed by atoms with Gasteiger partial charge in [0.1, 0.15) is 5.75 Å². The fourth-order valence-corrected chi connectivity index (χ4v) is 2.33. The van der Waals surface area contributed by atoms with E-state index in [1.165, 1.54) is 0 Å². The number of alkyl halides is 2. The molecule has 1 aliphatic rings. The Morgan fingerprint density at radius 1 is 1.57 bits per heavy atom. The molecule has 7 heteroatoms. The average Bonchev–Trinajstić information content (AvgIpc) is 2.78. The molecule has 116 valence electrons. The molecule has 0 spiro atoms. The van der Waals surface area contributed by atoms with Crippen molar-refractivity contribution in [3.05, 3.63) is 28.8 Å². The summed E-state index contributed by atoms with van der Waals surface area (Å²) in [5.74, 6) is -2.68. The van der Waals surface area contributed by atoms with E-state index in [0.29, 0.717) is 17.4 Å². The van der Waals surface area contributed by atoms with E-state index in [1.807, 2.05) is 6.92 Å². The van der Waals surface area contributed by atoms with Gasteiger partial charge in [0.2, 0.25) is 5.91 Å². The van der Waals surface area contributed by atoms with Gasteiger partial charge >= 0.3 is 0 Å². The molecule has 2 N–H and O–H groups in total. The Labute approximate surface area is 126 Å². The van der Waals surface area contributed by atoms with Crippen molar-refractivity contribution < 1.29 is 18.3 Å². The van der Waals surface area contributed by atoms with Gasteiger partial charge in [0, 0.05) is 23.6 Å². The zero-order valence-corrected chi connectivity index (χ0v) is 12.3. The van der Waals surface area contributed by atoms with Gasteiger partial charge in [0.15, 0.2) is 0 Å². The minimum atomic E-state index is -2.82. The molecule has 1 saturated heterocycles. The lowest BCUT2D eigenvalue weighted by atomic mass is 10.1. The molecule has 4 nitrogen and oxygen atoms in total. The fraction of sp³-hybridized carbons (Fsp3) is 0.500. The van der Waals surface area contributed by atoms with Crippen molar-refractivity contribution in [2.24, 2.45) is 0 Å². The Bertz CT molecular complexity index is 526. The zero-order valence-electron chi connectivity index (χ0n) is 11.6. The van der Waals surface area contributed by atoms with E-state index in [1.54, 1.807) is 18.2 Å². The van der Waals surface area contributed by atoms with Crippen LogP contribution in [0.25, 0.3) is 0 Å². The molecule has 1 heterocycles. The van der Waals surface area contributed by atoms with Gasteiger partial charge in [-0.15, -0.1) is 0 Å². The van der Waals surface area contributed by atoms with Crippen LogP contribution in [0.3, 0.4) is 0 Å². The molecule has 0 aromatic heterocycles. The second kappa shape index (κ2) is 6.58. The van der Waals surface area contributed by atoms with Crippen LogP contribution in [-0.2, 0) is 11.3 Å². The molecule has 1 atom stereocenters. The van der Waals surface area contributed by atoms with Crippen molar-refractivity contribution in [1.82, 2.24) is 10.6 Å². The third kappa shape index (κ3) is 4.28. The second-order valence-electron chi connectivity index (χ2n) is 4.90. The summed E-state index contributed by atoms with van der Waals surface area (Å²) in [6.45, 7) is 2.05. The minimum absolute atomic E-state index is 0.203. The molecule has 21 heavy (non-hydrogen) atoms. The van der Waals surface area contributed by atoms with Gasteiger partial charge in [-0.3, -0.25) is 10.1 Å². The van der Waals surface area contributed by atoms with E-state index in [9.17, 15) is 13.6 Å². The average molecular weight is 319 g/mol. The highest BCUT2D eigenvalue weighted by Crippen LogP contribution is 2.26. The first-order valence-electron chi connectivity index (χ1n) is 6.71. The summed E-state index contributed by atoms with van der Waals surface area (Å²) < 4.78 is 31.5. The third-order valence-corrected chi connectivity index (χ3v) is 3.44. The van der Waals surface area contributed by atoms with E-state index in [-0.39, 0.29) is 6.54 Å².